The van der Waals surface area contributed by atoms with Crippen molar-refractivity contribution >= 4 is 27.6 Å². The van der Waals surface area contributed by atoms with Gasteiger partial charge < -0.3 is 19.9 Å². The van der Waals surface area contributed by atoms with Crippen LogP contribution in [0.15, 0.2) is 71.6 Å². The van der Waals surface area contributed by atoms with Crippen LogP contribution in [0, 0.1) is 12.7 Å². The third-order valence-electron chi connectivity index (χ3n) is 5.78. The monoisotopic (exact) mass is 582 g/mol. The highest BCUT2D eigenvalue weighted by Gasteiger charge is 2.27. The average Bonchev–Trinajstić information content (AvgIpc) is 3.25. The molecule has 3 N–H and O–H groups in total. The molecule has 1 amide bonds. The molecule has 0 spiro atoms. The summed E-state index contributed by atoms with van der Waals surface area (Å²) in [4.78, 5) is 24.3. The molecule has 0 saturated carbocycles. The fourth-order valence-corrected chi connectivity index (χ4v) is 5.27. The standard InChI is InChI=1S/C28H27FN4O7S/c1-16(2)32-41(37,38)24-15-20(30-26(34)18-5-12-22(39-4)13-6-18)9-14-23(24)40-27-17(3)25(28(35)36)31-33(27)21-10-7-19(29)8-11-21/h5-16,32H,1-4H3,(H,30,34)(H,35,36). The fourth-order valence-electron chi connectivity index (χ4n) is 3.86. The van der Waals surface area contributed by atoms with Crippen LogP contribution in [-0.4, -0.2) is 48.3 Å². The number of ether oxygens (including phenoxy) is 2. The highest BCUT2D eigenvalue weighted by molar-refractivity contribution is 7.89. The predicted octanol–water partition coefficient (Wildman–Crippen LogP) is 4.76. The predicted molar refractivity (Wildman–Crippen MR) is 148 cm³/mol. The highest BCUT2D eigenvalue weighted by Crippen LogP contribution is 2.35. The van der Waals surface area contributed by atoms with Crippen molar-refractivity contribution in [1.29, 1.82) is 0 Å². The summed E-state index contributed by atoms with van der Waals surface area (Å²) in [5.74, 6) is -2.03. The molecule has 3 aromatic carbocycles. The average molecular weight is 583 g/mol. The Kier molecular flexibility index (Phi) is 8.40. The molecule has 0 unspecified atom stereocenters. The van der Waals surface area contributed by atoms with Gasteiger partial charge >= 0.3 is 5.97 Å². The molecule has 4 rings (SSSR count). The minimum atomic E-state index is -4.19. The van der Waals surface area contributed by atoms with Crippen LogP contribution in [0.5, 0.6) is 17.4 Å². The smallest absolute Gasteiger partial charge is 0.356 e. The van der Waals surface area contributed by atoms with Crippen LogP contribution < -0.4 is 19.5 Å². The van der Waals surface area contributed by atoms with Gasteiger partial charge in [0.25, 0.3) is 5.91 Å². The molecule has 0 atom stereocenters. The van der Waals surface area contributed by atoms with Crippen LogP contribution in [0.2, 0.25) is 0 Å². The first-order valence-electron chi connectivity index (χ1n) is 12.3. The molecule has 214 valence electrons. The Morgan fingerprint density at radius 1 is 1.02 bits per heavy atom. The van der Waals surface area contributed by atoms with E-state index >= 15 is 0 Å². The summed E-state index contributed by atoms with van der Waals surface area (Å²) in [5.41, 5.74) is 0.537. The van der Waals surface area contributed by atoms with E-state index in [1.165, 1.54) is 56.5 Å². The molecule has 0 fully saturated rings. The van der Waals surface area contributed by atoms with Crippen molar-refractivity contribution in [3.05, 3.63) is 89.4 Å². The van der Waals surface area contributed by atoms with E-state index < -0.39 is 33.8 Å². The van der Waals surface area contributed by atoms with E-state index in [4.69, 9.17) is 9.47 Å². The molecule has 0 aliphatic carbocycles. The van der Waals surface area contributed by atoms with Crippen molar-refractivity contribution in [2.75, 3.05) is 12.4 Å². The first-order chi connectivity index (χ1) is 19.4. The van der Waals surface area contributed by atoms with Crippen LogP contribution in [0.4, 0.5) is 10.1 Å². The minimum absolute atomic E-state index is 0.0926. The maximum Gasteiger partial charge on any atom is 0.356 e. The lowest BCUT2D eigenvalue weighted by atomic mass is 10.2. The molecule has 13 heteroatoms. The number of carbonyl (C=O) groups is 2. The summed E-state index contributed by atoms with van der Waals surface area (Å²) < 4.78 is 55.0. The summed E-state index contributed by atoms with van der Waals surface area (Å²) >= 11 is 0. The molecule has 0 aliphatic rings. The largest absolute Gasteiger partial charge is 0.497 e. The summed E-state index contributed by atoms with van der Waals surface area (Å²) in [6, 6.07) is 15.0. The molecule has 1 heterocycles. The number of hydrogen-bond donors (Lipinski definition) is 3. The lowest BCUT2D eigenvalue weighted by Gasteiger charge is -2.17. The van der Waals surface area contributed by atoms with Gasteiger partial charge in [-0.15, -0.1) is 0 Å². The molecule has 4 aromatic rings. The Hall–Kier alpha value is -4.75. The molecule has 1 aromatic heterocycles. The number of carbonyl (C=O) groups excluding carboxylic acids is 1. The zero-order valence-electron chi connectivity index (χ0n) is 22.5. The van der Waals surface area contributed by atoms with E-state index in [9.17, 15) is 27.5 Å². The third kappa shape index (κ3) is 6.53. The van der Waals surface area contributed by atoms with Crippen molar-refractivity contribution in [2.45, 2.75) is 31.7 Å². The Balaban J connectivity index is 1.78. The molecular formula is C28H27FN4O7S. The van der Waals surface area contributed by atoms with Gasteiger partial charge in [-0.1, -0.05) is 0 Å². The number of sulfonamides is 1. The van der Waals surface area contributed by atoms with Crippen molar-refractivity contribution in [2.24, 2.45) is 0 Å². The second kappa shape index (κ2) is 11.8. The lowest BCUT2D eigenvalue weighted by molar-refractivity contribution is 0.0689. The van der Waals surface area contributed by atoms with Gasteiger partial charge in [0.1, 0.15) is 22.2 Å². The molecule has 0 radical (unpaired) electrons. The van der Waals surface area contributed by atoms with Gasteiger partial charge in [-0.3, -0.25) is 4.79 Å². The van der Waals surface area contributed by atoms with E-state index in [1.807, 2.05) is 0 Å². The Morgan fingerprint density at radius 2 is 1.68 bits per heavy atom. The first kappa shape index (κ1) is 29.2. The number of aromatic nitrogens is 2. The Labute approximate surface area is 235 Å². The van der Waals surface area contributed by atoms with Crippen LogP contribution in [-0.2, 0) is 10.0 Å². The maximum atomic E-state index is 13.6. The number of benzene rings is 3. The Bertz CT molecular complexity index is 1700. The summed E-state index contributed by atoms with van der Waals surface area (Å²) in [6.07, 6.45) is 0. The van der Waals surface area contributed by atoms with Crippen molar-refractivity contribution in [3.63, 3.8) is 0 Å². The van der Waals surface area contributed by atoms with E-state index in [0.717, 1.165) is 4.68 Å². The van der Waals surface area contributed by atoms with Crippen LogP contribution in [0.25, 0.3) is 5.69 Å². The number of nitrogens with one attached hydrogen (secondary N) is 2. The molecule has 0 aliphatic heterocycles. The highest BCUT2D eigenvalue weighted by atomic mass is 32.2. The number of carboxylic acid groups (broad SMARTS) is 1. The molecular weight excluding hydrogens is 555 g/mol. The molecule has 0 bridgehead atoms. The number of rotatable bonds is 10. The summed E-state index contributed by atoms with van der Waals surface area (Å²) in [5, 5.41) is 16.4. The third-order valence-corrected chi connectivity index (χ3v) is 7.46. The number of hydrogen-bond acceptors (Lipinski definition) is 7. The maximum absolute atomic E-state index is 13.6. The van der Waals surface area contributed by atoms with Gasteiger partial charge in [-0.25, -0.2) is 22.3 Å². The van der Waals surface area contributed by atoms with Crippen molar-refractivity contribution in [1.82, 2.24) is 14.5 Å². The Morgan fingerprint density at radius 3 is 2.27 bits per heavy atom. The second-order valence-corrected chi connectivity index (χ2v) is 10.9. The quantitative estimate of drug-likeness (QED) is 0.242. The van der Waals surface area contributed by atoms with E-state index in [0.29, 0.717) is 11.3 Å². The number of amides is 1. The van der Waals surface area contributed by atoms with E-state index in [-0.39, 0.29) is 39.2 Å². The normalized spacial score (nSPS) is 11.4. The van der Waals surface area contributed by atoms with E-state index in [2.05, 4.69) is 15.1 Å². The lowest BCUT2D eigenvalue weighted by Crippen LogP contribution is -2.30. The van der Waals surface area contributed by atoms with Crippen molar-refractivity contribution in [3.8, 4) is 23.1 Å². The van der Waals surface area contributed by atoms with Crippen LogP contribution >= 0.6 is 0 Å². The van der Waals surface area contributed by atoms with Crippen LogP contribution in [0.1, 0.15) is 40.3 Å². The van der Waals surface area contributed by atoms with Gasteiger partial charge in [0.15, 0.2) is 5.69 Å². The minimum Gasteiger partial charge on any atom is -0.497 e. The van der Waals surface area contributed by atoms with Crippen LogP contribution in [0.3, 0.4) is 0 Å². The summed E-state index contributed by atoms with van der Waals surface area (Å²) in [6.45, 7) is 4.73. The number of anilines is 1. The fraction of sp³-hybridized carbons (Fsp3) is 0.179. The number of nitrogens with zero attached hydrogens (tertiary/aromatic N) is 2. The SMILES string of the molecule is COc1ccc(C(=O)Nc2ccc(Oc3c(C)c(C(=O)O)nn3-c3ccc(F)cc3)c(S(=O)(=O)NC(C)C)c2)cc1. The second-order valence-electron chi connectivity index (χ2n) is 9.19. The first-order valence-corrected chi connectivity index (χ1v) is 13.8. The topological polar surface area (TPSA) is 149 Å². The number of carboxylic acids is 1. The van der Waals surface area contributed by atoms with Gasteiger partial charge in [0, 0.05) is 22.9 Å². The molecule has 41 heavy (non-hydrogen) atoms. The number of aromatic carboxylic acids is 1. The van der Waals surface area contributed by atoms with Crippen molar-refractivity contribution < 1.29 is 37.0 Å². The van der Waals surface area contributed by atoms with Gasteiger partial charge in [-0.05, 0) is 87.5 Å². The zero-order valence-corrected chi connectivity index (χ0v) is 23.3. The van der Waals surface area contributed by atoms with Gasteiger partial charge in [0.2, 0.25) is 15.9 Å². The summed E-state index contributed by atoms with van der Waals surface area (Å²) in [7, 11) is -2.68. The van der Waals surface area contributed by atoms with E-state index in [1.54, 1.807) is 38.1 Å². The number of methoxy groups -OCH3 is 1. The zero-order chi connectivity index (χ0) is 29.9. The van der Waals surface area contributed by atoms with Gasteiger partial charge in [-0.2, -0.15) is 9.78 Å². The molecule has 11 nitrogen and oxygen atoms in total. The number of halogens is 1. The molecule has 0 saturated heterocycles. The van der Waals surface area contributed by atoms with Gasteiger partial charge in [0.05, 0.1) is 12.8 Å².